The third kappa shape index (κ3) is 3.44. The van der Waals surface area contributed by atoms with E-state index in [1.54, 1.807) is 35.6 Å². The van der Waals surface area contributed by atoms with Gasteiger partial charge in [-0.25, -0.2) is 9.97 Å². The number of thiazole rings is 2. The molecule has 5 nitrogen and oxygen atoms in total. The van der Waals surface area contributed by atoms with Gasteiger partial charge in [0.25, 0.3) is 5.91 Å². The van der Waals surface area contributed by atoms with Crippen LogP contribution < -0.4 is 10.1 Å². The summed E-state index contributed by atoms with van der Waals surface area (Å²) in [4.78, 5) is 21.0. The quantitative estimate of drug-likeness (QED) is 0.540. The van der Waals surface area contributed by atoms with Crippen molar-refractivity contribution in [1.29, 1.82) is 0 Å². The maximum Gasteiger partial charge on any atom is 0.264 e. The summed E-state index contributed by atoms with van der Waals surface area (Å²) in [5.41, 5.74) is 1.82. The summed E-state index contributed by atoms with van der Waals surface area (Å²) in [6.07, 6.45) is 0. The van der Waals surface area contributed by atoms with Crippen LogP contribution in [-0.4, -0.2) is 22.5 Å². The number of fused-ring (bicyclic) bond motifs is 3. The zero-order valence-corrected chi connectivity index (χ0v) is 15.5. The van der Waals surface area contributed by atoms with E-state index in [-0.39, 0.29) is 12.5 Å². The Morgan fingerprint density at radius 2 is 1.76 bits per heavy atom. The SMILES string of the molecule is Cc1nc2ccc3nc(NC(=O)COc4ccc(Cl)cc4)sc3c2s1. The van der Waals surface area contributed by atoms with Gasteiger partial charge in [0, 0.05) is 5.02 Å². The summed E-state index contributed by atoms with van der Waals surface area (Å²) in [5, 5.41) is 4.97. The van der Waals surface area contributed by atoms with Crippen molar-refractivity contribution in [2.24, 2.45) is 0 Å². The number of halogens is 1. The van der Waals surface area contributed by atoms with E-state index in [2.05, 4.69) is 15.3 Å². The highest BCUT2D eigenvalue weighted by Gasteiger charge is 2.12. The van der Waals surface area contributed by atoms with Crippen LogP contribution in [0.15, 0.2) is 36.4 Å². The van der Waals surface area contributed by atoms with E-state index in [0.29, 0.717) is 15.9 Å². The van der Waals surface area contributed by atoms with Crippen LogP contribution in [0, 0.1) is 6.92 Å². The Morgan fingerprint density at radius 3 is 2.52 bits per heavy atom. The maximum atomic E-state index is 12.1. The van der Waals surface area contributed by atoms with Gasteiger partial charge in [0.15, 0.2) is 11.7 Å². The number of rotatable bonds is 4. The van der Waals surface area contributed by atoms with E-state index in [9.17, 15) is 4.79 Å². The number of benzene rings is 2. The normalized spacial score (nSPS) is 11.1. The van der Waals surface area contributed by atoms with Crippen molar-refractivity contribution < 1.29 is 9.53 Å². The average molecular weight is 390 g/mol. The molecule has 0 radical (unpaired) electrons. The molecule has 0 unspecified atom stereocenters. The van der Waals surface area contributed by atoms with Gasteiger partial charge in [0.2, 0.25) is 0 Å². The minimum Gasteiger partial charge on any atom is -0.484 e. The van der Waals surface area contributed by atoms with E-state index in [0.717, 1.165) is 25.4 Å². The molecule has 0 aliphatic heterocycles. The number of ether oxygens (including phenoxy) is 1. The van der Waals surface area contributed by atoms with Gasteiger partial charge in [-0.15, -0.1) is 11.3 Å². The van der Waals surface area contributed by atoms with Gasteiger partial charge in [-0.05, 0) is 43.3 Å². The van der Waals surface area contributed by atoms with Crippen molar-refractivity contribution in [2.75, 3.05) is 11.9 Å². The molecule has 0 bridgehead atoms. The van der Waals surface area contributed by atoms with Gasteiger partial charge in [-0.3, -0.25) is 10.1 Å². The van der Waals surface area contributed by atoms with Crippen LogP contribution in [-0.2, 0) is 4.79 Å². The summed E-state index contributed by atoms with van der Waals surface area (Å²) >= 11 is 8.90. The highest BCUT2D eigenvalue weighted by Crippen LogP contribution is 2.35. The zero-order chi connectivity index (χ0) is 17.4. The van der Waals surface area contributed by atoms with E-state index in [4.69, 9.17) is 16.3 Å². The third-order valence-corrected chi connectivity index (χ3v) is 5.84. The van der Waals surface area contributed by atoms with Crippen LogP contribution in [0.2, 0.25) is 5.02 Å². The average Bonchev–Trinajstić information content (AvgIpc) is 3.16. The fraction of sp³-hybridized carbons (Fsp3) is 0.118. The smallest absolute Gasteiger partial charge is 0.264 e. The lowest BCUT2D eigenvalue weighted by Crippen LogP contribution is -2.19. The van der Waals surface area contributed by atoms with Crippen LogP contribution in [0.3, 0.4) is 0 Å². The van der Waals surface area contributed by atoms with E-state index < -0.39 is 0 Å². The second-order valence-corrected chi connectivity index (χ2v) is 7.94. The lowest BCUT2D eigenvalue weighted by atomic mass is 10.3. The molecule has 0 saturated carbocycles. The fourth-order valence-electron chi connectivity index (χ4n) is 2.37. The third-order valence-electron chi connectivity index (χ3n) is 3.45. The number of carbonyl (C=O) groups is 1. The summed E-state index contributed by atoms with van der Waals surface area (Å²) in [5.74, 6) is 0.330. The summed E-state index contributed by atoms with van der Waals surface area (Å²) < 4.78 is 7.58. The van der Waals surface area contributed by atoms with E-state index in [1.807, 2.05) is 19.1 Å². The predicted molar refractivity (Wildman–Crippen MR) is 103 cm³/mol. The van der Waals surface area contributed by atoms with Gasteiger partial charge < -0.3 is 4.74 Å². The Labute approximate surface area is 156 Å². The molecule has 4 aromatic rings. The number of hydrogen-bond acceptors (Lipinski definition) is 6. The molecule has 126 valence electrons. The molecule has 4 rings (SSSR count). The minimum atomic E-state index is -0.259. The topological polar surface area (TPSA) is 64.1 Å². The molecule has 0 atom stereocenters. The Balaban J connectivity index is 1.49. The number of amides is 1. The lowest BCUT2D eigenvalue weighted by molar-refractivity contribution is -0.118. The number of nitrogens with one attached hydrogen (secondary N) is 1. The predicted octanol–water partition coefficient (Wildman–Crippen LogP) is 4.89. The molecular weight excluding hydrogens is 378 g/mol. The number of carbonyl (C=O) groups excluding carboxylic acids is 1. The first-order chi connectivity index (χ1) is 12.1. The number of nitrogens with zero attached hydrogens (tertiary/aromatic N) is 2. The molecule has 8 heteroatoms. The first kappa shape index (κ1) is 16.3. The van der Waals surface area contributed by atoms with Crippen LogP contribution in [0.4, 0.5) is 5.13 Å². The van der Waals surface area contributed by atoms with Gasteiger partial charge in [0.05, 0.1) is 25.4 Å². The van der Waals surface area contributed by atoms with E-state index >= 15 is 0 Å². The van der Waals surface area contributed by atoms with Crippen molar-refractivity contribution in [1.82, 2.24) is 9.97 Å². The summed E-state index contributed by atoms with van der Waals surface area (Å²) in [7, 11) is 0. The zero-order valence-electron chi connectivity index (χ0n) is 13.1. The summed E-state index contributed by atoms with van der Waals surface area (Å²) in [6, 6.07) is 10.7. The van der Waals surface area contributed by atoms with Gasteiger partial charge in [0.1, 0.15) is 5.75 Å². The molecule has 0 fully saturated rings. The first-order valence-electron chi connectivity index (χ1n) is 7.43. The highest BCUT2D eigenvalue weighted by molar-refractivity contribution is 7.28. The van der Waals surface area contributed by atoms with Crippen LogP contribution in [0.5, 0.6) is 5.75 Å². The van der Waals surface area contributed by atoms with Crippen LogP contribution in [0.1, 0.15) is 5.01 Å². The molecule has 1 amide bonds. The maximum absolute atomic E-state index is 12.1. The van der Waals surface area contributed by atoms with Gasteiger partial charge in [-0.1, -0.05) is 22.9 Å². The molecule has 1 N–H and O–H groups in total. The van der Waals surface area contributed by atoms with Crippen molar-refractivity contribution in [3.05, 3.63) is 46.4 Å². The standard InChI is InChI=1S/C17H12ClN3O2S2/c1-9-19-12-6-7-13-16(15(12)24-9)25-17(20-13)21-14(22)8-23-11-4-2-10(18)3-5-11/h2-7H,8H2,1H3,(H,20,21,22). The van der Waals surface area contributed by atoms with Gasteiger partial charge in [-0.2, -0.15) is 0 Å². The molecule has 0 aliphatic carbocycles. The van der Waals surface area contributed by atoms with Crippen molar-refractivity contribution in [3.63, 3.8) is 0 Å². The van der Waals surface area contributed by atoms with Crippen molar-refractivity contribution in [2.45, 2.75) is 6.92 Å². The molecule has 2 heterocycles. The molecule has 0 aliphatic rings. The minimum absolute atomic E-state index is 0.0906. The lowest BCUT2D eigenvalue weighted by Gasteiger charge is -2.05. The number of hydrogen-bond donors (Lipinski definition) is 1. The largest absolute Gasteiger partial charge is 0.484 e. The Kier molecular flexibility index (Phi) is 4.29. The Morgan fingerprint density at radius 1 is 1.08 bits per heavy atom. The molecular formula is C17H12ClN3O2S2. The number of aryl methyl sites for hydroxylation is 1. The molecule has 0 spiro atoms. The number of anilines is 1. The number of aromatic nitrogens is 2. The molecule has 0 saturated heterocycles. The second-order valence-electron chi connectivity index (χ2n) is 5.30. The van der Waals surface area contributed by atoms with E-state index in [1.165, 1.54) is 11.3 Å². The fourth-order valence-corrected chi connectivity index (χ4v) is 4.52. The Bertz CT molecular complexity index is 1070. The Hall–Kier alpha value is -2.22. The van der Waals surface area contributed by atoms with Crippen molar-refractivity contribution >= 4 is 65.7 Å². The van der Waals surface area contributed by atoms with Gasteiger partial charge >= 0.3 is 0 Å². The second kappa shape index (κ2) is 6.59. The highest BCUT2D eigenvalue weighted by atomic mass is 35.5. The monoisotopic (exact) mass is 389 g/mol. The molecule has 25 heavy (non-hydrogen) atoms. The van der Waals surface area contributed by atoms with Crippen molar-refractivity contribution in [3.8, 4) is 5.75 Å². The van der Waals surface area contributed by atoms with Crippen LogP contribution >= 0.6 is 34.3 Å². The van der Waals surface area contributed by atoms with Crippen LogP contribution in [0.25, 0.3) is 20.4 Å². The molecule has 2 aromatic heterocycles. The molecule has 2 aromatic carbocycles. The first-order valence-corrected chi connectivity index (χ1v) is 9.44. The summed E-state index contributed by atoms with van der Waals surface area (Å²) in [6.45, 7) is 1.89.